The van der Waals surface area contributed by atoms with Crippen LogP contribution in [-0.2, 0) is 20.9 Å². The fourth-order valence-electron chi connectivity index (χ4n) is 4.87. The van der Waals surface area contributed by atoms with E-state index in [4.69, 9.17) is 14.2 Å². The molecular weight excluding hydrogens is 396 g/mol. The summed E-state index contributed by atoms with van der Waals surface area (Å²) in [7, 11) is 3.21. The molecule has 7 heteroatoms. The second-order valence-corrected chi connectivity index (χ2v) is 8.09. The third-order valence-electron chi connectivity index (χ3n) is 6.39. The Kier molecular flexibility index (Phi) is 4.70. The Labute approximate surface area is 180 Å². The first-order valence-corrected chi connectivity index (χ1v) is 10.3. The molecule has 0 saturated carbocycles. The number of amides is 2. The third kappa shape index (κ3) is 3.16. The van der Waals surface area contributed by atoms with Gasteiger partial charge in [0.2, 0.25) is 11.8 Å². The van der Waals surface area contributed by atoms with E-state index in [1.807, 2.05) is 60.7 Å². The molecule has 3 heterocycles. The fraction of sp³-hybridized carbons (Fsp3) is 0.333. The van der Waals surface area contributed by atoms with Crippen LogP contribution >= 0.6 is 0 Å². The summed E-state index contributed by atoms with van der Waals surface area (Å²) in [5.74, 6) is 0.118. The largest absolute Gasteiger partial charge is 0.497 e. The Balaban J connectivity index is 1.34. The fourth-order valence-corrected chi connectivity index (χ4v) is 4.87. The van der Waals surface area contributed by atoms with Crippen molar-refractivity contribution in [2.45, 2.75) is 18.2 Å². The number of rotatable bonds is 6. The molecule has 2 bridgehead atoms. The van der Waals surface area contributed by atoms with Crippen molar-refractivity contribution >= 4 is 17.5 Å². The minimum atomic E-state index is -0.750. The Morgan fingerprint density at radius 3 is 2.68 bits per heavy atom. The highest BCUT2D eigenvalue weighted by Gasteiger charge is 2.67. The highest BCUT2D eigenvalue weighted by Crippen LogP contribution is 2.52. The van der Waals surface area contributed by atoms with Gasteiger partial charge in [0.25, 0.3) is 0 Å². The van der Waals surface area contributed by atoms with Gasteiger partial charge in [-0.05, 0) is 42.0 Å². The number of methoxy groups -OCH3 is 2. The lowest BCUT2D eigenvalue weighted by atomic mass is 9.77. The molecule has 2 fully saturated rings. The standard InChI is InChI=1S/C24H24N2O5/c1-29-17-8-6-16(7-9-17)26-14-24-11-10-19(31-24)20(21(24)23(26)28)22(27)25-13-15-4-3-5-18(12-15)30-2/h3-12,19-21H,13-14H2,1-2H3,(H,25,27)/t19?,20?,21?,24-/m0/s1. The molecule has 0 aliphatic carbocycles. The Bertz CT molecular complexity index is 1050. The zero-order valence-electron chi connectivity index (χ0n) is 17.4. The lowest BCUT2D eigenvalue weighted by Crippen LogP contribution is -2.43. The van der Waals surface area contributed by atoms with Crippen molar-refractivity contribution in [2.24, 2.45) is 11.8 Å². The van der Waals surface area contributed by atoms with Crippen LogP contribution in [-0.4, -0.2) is 44.3 Å². The molecule has 3 aliphatic rings. The summed E-state index contributed by atoms with van der Waals surface area (Å²) in [6, 6.07) is 14.9. The van der Waals surface area contributed by atoms with Crippen LogP contribution in [0.15, 0.2) is 60.7 Å². The number of fused-ring (bicyclic) bond motifs is 1. The lowest BCUT2D eigenvalue weighted by Gasteiger charge is -2.23. The molecule has 2 aromatic rings. The molecule has 3 unspecified atom stereocenters. The molecule has 2 amide bonds. The number of anilines is 1. The SMILES string of the molecule is COc1ccc(N2C[C@]34C=CC(O3)C(C(=O)NCc3cccc(OC)c3)C4C2=O)cc1. The number of carbonyl (C=O) groups excluding carboxylic acids is 2. The van der Waals surface area contributed by atoms with Gasteiger partial charge in [-0.25, -0.2) is 0 Å². The van der Waals surface area contributed by atoms with Crippen LogP contribution in [0.1, 0.15) is 5.56 Å². The van der Waals surface area contributed by atoms with Gasteiger partial charge in [-0.2, -0.15) is 0 Å². The van der Waals surface area contributed by atoms with E-state index in [0.29, 0.717) is 13.1 Å². The van der Waals surface area contributed by atoms with Gasteiger partial charge >= 0.3 is 0 Å². The number of hydrogen-bond donors (Lipinski definition) is 1. The van der Waals surface area contributed by atoms with E-state index in [9.17, 15) is 9.59 Å². The van der Waals surface area contributed by atoms with Gasteiger partial charge in [-0.15, -0.1) is 0 Å². The number of carbonyl (C=O) groups is 2. The molecule has 2 aromatic carbocycles. The average Bonchev–Trinajstić information content (AvgIpc) is 3.46. The van der Waals surface area contributed by atoms with Crippen LogP contribution in [0.25, 0.3) is 0 Å². The monoisotopic (exact) mass is 420 g/mol. The molecule has 2 saturated heterocycles. The van der Waals surface area contributed by atoms with E-state index < -0.39 is 17.4 Å². The molecule has 3 aliphatic heterocycles. The van der Waals surface area contributed by atoms with E-state index in [1.54, 1.807) is 19.1 Å². The number of nitrogens with one attached hydrogen (secondary N) is 1. The van der Waals surface area contributed by atoms with Crippen molar-refractivity contribution in [2.75, 3.05) is 25.7 Å². The number of nitrogens with zero attached hydrogens (tertiary/aromatic N) is 1. The maximum absolute atomic E-state index is 13.4. The summed E-state index contributed by atoms with van der Waals surface area (Å²) in [5, 5.41) is 2.98. The minimum absolute atomic E-state index is 0.0847. The highest BCUT2D eigenvalue weighted by atomic mass is 16.5. The second-order valence-electron chi connectivity index (χ2n) is 8.09. The van der Waals surface area contributed by atoms with Gasteiger partial charge in [-0.1, -0.05) is 24.3 Å². The van der Waals surface area contributed by atoms with Crippen molar-refractivity contribution in [1.29, 1.82) is 0 Å². The zero-order valence-corrected chi connectivity index (χ0v) is 17.4. The first-order valence-electron chi connectivity index (χ1n) is 10.3. The second kappa shape index (κ2) is 7.42. The van der Waals surface area contributed by atoms with E-state index in [-0.39, 0.29) is 17.9 Å². The average molecular weight is 420 g/mol. The Hall–Kier alpha value is -3.32. The van der Waals surface area contributed by atoms with Crippen LogP contribution in [0, 0.1) is 11.8 Å². The number of benzene rings is 2. The van der Waals surface area contributed by atoms with E-state index in [1.165, 1.54) is 0 Å². The summed E-state index contributed by atoms with van der Waals surface area (Å²) < 4.78 is 16.6. The predicted octanol–water partition coefficient (Wildman–Crippen LogP) is 2.31. The highest BCUT2D eigenvalue weighted by molar-refractivity contribution is 6.03. The molecule has 4 atom stereocenters. The van der Waals surface area contributed by atoms with Gasteiger partial charge < -0.3 is 24.4 Å². The van der Waals surface area contributed by atoms with E-state index >= 15 is 0 Å². The molecule has 5 rings (SSSR count). The Morgan fingerprint density at radius 1 is 1.16 bits per heavy atom. The predicted molar refractivity (Wildman–Crippen MR) is 114 cm³/mol. The maximum atomic E-state index is 13.4. The van der Waals surface area contributed by atoms with E-state index in [2.05, 4.69) is 5.32 Å². The maximum Gasteiger partial charge on any atom is 0.234 e. The molecular formula is C24H24N2O5. The van der Waals surface area contributed by atoms with Crippen LogP contribution in [0.4, 0.5) is 5.69 Å². The molecule has 160 valence electrons. The van der Waals surface area contributed by atoms with Crippen LogP contribution < -0.4 is 19.7 Å². The molecule has 1 spiro atoms. The summed E-state index contributed by atoms with van der Waals surface area (Å²) >= 11 is 0. The molecule has 7 nitrogen and oxygen atoms in total. The summed E-state index contributed by atoms with van der Waals surface area (Å²) in [6.07, 6.45) is 3.49. The van der Waals surface area contributed by atoms with Gasteiger partial charge in [0, 0.05) is 12.2 Å². The van der Waals surface area contributed by atoms with Gasteiger partial charge in [0.1, 0.15) is 17.1 Å². The molecule has 0 radical (unpaired) electrons. The summed E-state index contributed by atoms with van der Waals surface area (Å²) in [6.45, 7) is 0.758. The van der Waals surface area contributed by atoms with Crippen LogP contribution in [0.2, 0.25) is 0 Å². The van der Waals surface area contributed by atoms with Crippen molar-refractivity contribution in [3.8, 4) is 11.5 Å². The topological polar surface area (TPSA) is 77.1 Å². The normalized spacial score (nSPS) is 28.0. The quantitative estimate of drug-likeness (QED) is 0.726. The molecule has 31 heavy (non-hydrogen) atoms. The molecule has 1 N–H and O–H groups in total. The minimum Gasteiger partial charge on any atom is -0.497 e. The number of hydrogen-bond acceptors (Lipinski definition) is 5. The number of ether oxygens (including phenoxy) is 3. The third-order valence-corrected chi connectivity index (χ3v) is 6.39. The van der Waals surface area contributed by atoms with Gasteiger partial charge in [0.15, 0.2) is 0 Å². The summed E-state index contributed by atoms with van der Waals surface area (Å²) in [4.78, 5) is 28.2. The van der Waals surface area contributed by atoms with Crippen LogP contribution in [0.3, 0.4) is 0 Å². The molecule has 0 aromatic heterocycles. The summed E-state index contributed by atoms with van der Waals surface area (Å²) in [5.41, 5.74) is 0.949. The Morgan fingerprint density at radius 2 is 1.94 bits per heavy atom. The van der Waals surface area contributed by atoms with E-state index in [0.717, 1.165) is 22.7 Å². The van der Waals surface area contributed by atoms with Crippen molar-refractivity contribution in [3.05, 3.63) is 66.2 Å². The van der Waals surface area contributed by atoms with Crippen LogP contribution in [0.5, 0.6) is 11.5 Å². The smallest absolute Gasteiger partial charge is 0.234 e. The first-order chi connectivity index (χ1) is 15.0. The van der Waals surface area contributed by atoms with Gasteiger partial charge in [-0.3, -0.25) is 9.59 Å². The first kappa shape index (κ1) is 19.6. The van der Waals surface area contributed by atoms with Gasteiger partial charge in [0.05, 0.1) is 38.7 Å². The van der Waals surface area contributed by atoms with Crippen molar-refractivity contribution in [3.63, 3.8) is 0 Å². The lowest BCUT2D eigenvalue weighted by molar-refractivity contribution is -0.132. The van der Waals surface area contributed by atoms with Crippen molar-refractivity contribution < 1.29 is 23.8 Å². The zero-order chi connectivity index (χ0) is 21.6. The van der Waals surface area contributed by atoms with Crippen molar-refractivity contribution in [1.82, 2.24) is 5.32 Å².